The van der Waals surface area contributed by atoms with E-state index in [4.69, 9.17) is 4.74 Å². The van der Waals surface area contributed by atoms with Gasteiger partial charge in [0, 0.05) is 13.0 Å². The standard InChI is InChI=1S/C58H110O8/c1-5-9-12-15-18-21-24-27-30-33-36-39-42-45-49-57(55(62)63,50-46-43-40-37-34-31-28-25-22-19-16-13-10-6-2)58(56(64)65,53(54(60)61)52(59)48-8-4)66-51-47-44-41-38-35-32-29-26-23-20-17-14-11-7-3/h53H,5-51H2,1-4H3,(H,60,61)(H,62,63)(H,64,65). The lowest BCUT2D eigenvalue weighted by Gasteiger charge is -2.47. The summed E-state index contributed by atoms with van der Waals surface area (Å²) in [6, 6.07) is 0. The monoisotopic (exact) mass is 935 g/mol. The molecule has 0 radical (unpaired) electrons. The molecule has 0 fully saturated rings. The van der Waals surface area contributed by atoms with Crippen molar-refractivity contribution in [3.05, 3.63) is 0 Å². The van der Waals surface area contributed by atoms with Crippen molar-refractivity contribution in [3.8, 4) is 0 Å². The molecule has 0 heterocycles. The molecule has 0 aromatic carbocycles. The van der Waals surface area contributed by atoms with Crippen molar-refractivity contribution in [1.29, 1.82) is 0 Å². The van der Waals surface area contributed by atoms with Crippen LogP contribution < -0.4 is 0 Å². The number of unbranched alkanes of at least 4 members (excludes halogenated alkanes) is 39. The van der Waals surface area contributed by atoms with Gasteiger partial charge in [-0.15, -0.1) is 0 Å². The third-order valence-corrected chi connectivity index (χ3v) is 14.7. The van der Waals surface area contributed by atoms with Gasteiger partial charge in [-0.2, -0.15) is 0 Å². The minimum Gasteiger partial charge on any atom is -0.481 e. The van der Waals surface area contributed by atoms with Crippen LogP contribution in [-0.2, 0) is 23.9 Å². The Hall–Kier alpha value is -1.96. The number of carboxylic acid groups (broad SMARTS) is 3. The van der Waals surface area contributed by atoms with Gasteiger partial charge in [-0.25, -0.2) is 4.79 Å². The predicted octanol–water partition coefficient (Wildman–Crippen LogP) is 18.2. The van der Waals surface area contributed by atoms with Gasteiger partial charge >= 0.3 is 17.9 Å². The van der Waals surface area contributed by atoms with Gasteiger partial charge in [0.2, 0.25) is 5.60 Å². The van der Waals surface area contributed by atoms with Crippen LogP contribution in [0.5, 0.6) is 0 Å². The molecule has 0 saturated carbocycles. The highest BCUT2D eigenvalue weighted by Crippen LogP contribution is 2.50. The Morgan fingerprint density at radius 1 is 0.348 bits per heavy atom. The molecule has 8 nitrogen and oxygen atoms in total. The first kappa shape index (κ1) is 64.0. The summed E-state index contributed by atoms with van der Waals surface area (Å²) in [4.78, 5) is 54.9. The molecule has 0 saturated heterocycles. The molecule has 0 aliphatic carbocycles. The van der Waals surface area contributed by atoms with Gasteiger partial charge in [-0.1, -0.05) is 291 Å². The van der Waals surface area contributed by atoms with Crippen LogP contribution in [0.25, 0.3) is 0 Å². The summed E-state index contributed by atoms with van der Waals surface area (Å²) in [5.74, 6) is -7.48. The van der Waals surface area contributed by atoms with Crippen molar-refractivity contribution in [3.63, 3.8) is 0 Å². The molecule has 3 N–H and O–H groups in total. The van der Waals surface area contributed by atoms with Gasteiger partial charge in [0.05, 0.1) is 0 Å². The highest BCUT2D eigenvalue weighted by molar-refractivity contribution is 6.06. The highest BCUT2D eigenvalue weighted by Gasteiger charge is 2.69. The number of carbonyl (C=O) groups is 4. The zero-order chi connectivity index (χ0) is 48.8. The smallest absolute Gasteiger partial charge is 0.338 e. The fraction of sp³-hybridized carbons (Fsp3) is 0.931. The molecule has 0 spiro atoms. The Balaban J connectivity index is 5.86. The number of carbonyl (C=O) groups excluding carboxylic acids is 1. The van der Waals surface area contributed by atoms with E-state index in [0.717, 1.165) is 77.0 Å². The normalized spacial score (nSPS) is 13.2. The fourth-order valence-corrected chi connectivity index (χ4v) is 10.5. The summed E-state index contributed by atoms with van der Waals surface area (Å²) >= 11 is 0. The molecule has 390 valence electrons. The summed E-state index contributed by atoms with van der Waals surface area (Å²) in [7, 11) is 0. The molecule has 66 heavy (non-hydrogen) atoms. The van der Waals surface area contributed by atoms with Gasteiger partial charge < -0.3 is 20.1 Å². The number of rotatable bonds is 54. The third-order valence-electron chi connectivity index (χ3n) is 14.7. The topological polar surface area (TPSA) is 138 Å². The predicted molar refractivity (Wildman–Crippen MR) is 278 cm³/mol. The number of aliphatic carboxylic acids is 3. The Bertz CT molecular complexity index is 1110. The van der Waals surface area contributed by atoms with E-state index in [1.807, 2.05) is 0 Å². The van der Waals surface area contributed by atoms with Gasteiger partial charge in [-0.3, -0.25) is 14.4 Å². The van der Waals surface area contributed by atoms with E-state index in [2.05, 4.69) is 20.8 Å². The second-order valence-electron chi connectivity index (χ2n) is 20.6. The van der Waals surface area contributed by atoms with Crippen LogP contribution in [0.3, 0.4) is 0 Å². The van der Waals surface area contributed by atoms with Crippen molar-refractivity contribution >= 4 is 23.7 Å². The average Bonchev–Trinajstić information content (AvgIpc) is 3.29. The second kappa shape index (κ2) is 45.5. The van der Waals surface area contributed by atoms with Crippen LogP contribution in [0.1, 0.15) is 323 Å². The van der Waals surface area contributed by atoms with Gasteiger partial charge in [0.25, 0.3) is 0 Å². The van der Waals surface area contributed by atoms with E-state index in [1.54, 1.807) is 6.92 Å². The van der Waals surface area contributed by atoms with Crippen LogP contribution in [0, 0.1) is 11.3 Å². The summed E-state index contributed by atoms with van der Waals surface area (Å²) in [5, 5.41) is 33.4. The van der Waals surface area contributed by atoms with Crippen molar-refractivity contribution in [1.82, 2.24) is 0 Å². The SMILES string of the molecule is CCCCCCCCCCCCCCCCOC(C(=O)O)(C(C(=O)O)C(=O)CCC)C(CCCCCCCCCCCCCCCC)(CCCCCCCCCCCCCCCC)C(=O)O. The molecule has 0 aromatic heterocycles. The Kier molecular flexibility index (Phi) is 44.1. The first-order valence-electron chi connectivity index (χ1n) is 29.0. The van der Waals surface area contributed by atoms with E-state index < -0.39 is 40.6 Å². The third kappa shape index (κ3) is 29.8. The summed E-state index contributed by atoms with van der Waals surface area (Å²) in [5.41, 5.74) is -4.80. The van der Waals surface area contributed by atoms with E-state index in [-0.39, 0.29) is 25.9 Å². The van der Waals surface area contributed by atoms with Crippen LogP contribution in [0.2, 0.25) is 0 Å². The summed E-state index contributed by atoms with van der Waals surface area (Å²) in [6.45, 7) is 8.39. The molecule has 0 amide bonds. The minimum atomic E-state index is -2.72. The van der Waals surface area contributed by atoms with Crippen LogP contribution in [0.4, 0.5) is 0 Å². The maximum Gasteiger partial charge on any atom is 0.338 e. The van der Waals surface area contributed by atoms with Crippen molar-refractivity contribution in [2.75, 3.05) is 6.61 Å². The average molecular weight is 936 g/mol. The lowest BCUT2D eigenvalue weighted by molar-refractivity contribution is -0.219. The number of hydrogen-bond acceptors (Lipinski definition) is 5. The molecular formula is C58H110O8. The molecule has 8 heteroatoms. The van der Waals surface area contributed by atoms with Gasteiger partial charge in [-0.05, 0) is 25.7 Å². The zero-order valence-corrected chi connectivity index (χ0v) is 44.2. The minimum absolute atomic E-state index is 0.0347. The van der Waals surface area contributed by atoms with E-state index in [9.17, 15) is 34.5 Å². The molecule has 0 aromatic rings. The van der Waals surface area contributed by atoms with E-state index in [1.165, 1.54) is 173 Å². The first-order chi connectivity index (χ1) is 32.1. The molecule has 0 aliphatic heterocycles. The largest absolute Gasteiger partial charge is 0.481 e. The Morgan fingerprint density at radius 2 is 0.606 bits per heavy atom. The van der Waals surface area contributed by atoms with Crippen molar-refractivity contribution in [2.45, 2.75) is 329 Å². The quantitative estimate of drug-likeness (QED) is 0.0405. The molecular weight excluding hydrogens is 825 g/mol. The maximum absolute atomic E-state index is 13.9. The van der Waals surface area contributed by atoms with Crippen LogP contribution in [0.15, 0.2) is 0 Å². The molecule has 0 aliphatic rings. The second-order valence-corrected chi connectivity index (χ2v) is 20.6. The number of Topliss-reactive ketones (excluding diaryl/α,β-unsaturated/α-hetero) is 1. The molecule has 2 unspecified atom stereocenters. The first-order valence-corrected chi connectivity index (χ1v) is 29.0. The summed E-state index contributed by atoms with van der Waals surface area (Å²) < 4.78 is 6.37. The van der Waals surface area contributed by atoms with Gasteiger partial charge in [0.1, 0.15) is 5.41 Å². The van der Waals surface area contributed by atoms with Crippen LogP contribution in [-0.4, -0.2) is 51.2 Å². The lowest BCUT2D eigenvalue weighted by atomic mass is 9.59. The lowest BCUT2D eigenvalue weighted by Crippen LogP contribution is -2.67. The number of ether oxygens (including phenoxy) is 1. The Labute approximate surface area is 408 Å². The summed E-state index contributed by atoms with van der Waals surface area (Å²) in [6.07, 6.45) is 47.7. The zero-order valence-electron chi connectivity index (χ0n) is 44.2. The molecule has 0 rings (SSSR count). The molecule has 2 atom stereocenters. The number of ketones is 1. The molecule has 0 bridgehead atoms. The van der Waals surface area contributed by atoms with Crippen LogP contribution >= 0.6 is 0 Å². The van der Waals surface area contributed by atoms with Crippen molar-refractivity contribution in [2.24, 2.45) is 11.3 Å². The van der Waals surface area contributed by atoms with E-state index in [0.29, 0.717) is 25.7 Å². The van der Waals surface area contributed by atoms with E-state index >= 15 is 0 Å². The number of hydrogen-bond donors (Lipinski definition) is 3. The van der Waals surface area contributed by atoms with Gasteiger partial charge in [0.15, 0.2) is 11.7 Å². The van der Waals surface area contributed by atoms with Crippen molar-refractivity contribution < 1.29 is 39.2 Å². The fourth-order valence-electron chi connectivity index (χ4n) is 10.5. The maximum atomic E-state index is 13.9. The number of carboxylic acids is 3. The highest BCUT2D eigenvalue weighted by atomic mass is 16.5. The Morgan fingerprint density at radius 3 is 0.833 bits per heavy atom.